The van der Waals surface area contributed by atoms with Crippen LogP contribution >= 0.6 is 0 Å². The molecule has 1 amide bonds. The lowest BCUT2D eigenvalue weighted by Gasteiger charge is -2.31. The van der Waals surface area contributed by atoms with Gasteiger partial charge in [0.1, 0.15) is 0 Å². The van der Waals surface area contributed by atoms with Gasteiger partial charge < -0.3 is 15.1 Å². The number of rotatable bonds is 6. The lowest BCUT2D eigenvalue weighted by atomic mass is 9.93. The molecule has 0 radical (unpaired) electrons. The highest BCUT2D eigenvalue weighted by Crippen LogP contribution is 2.33. The van der Waals surface area contributed by atoms with Crippen LogP contribution in [0.3, 0.4) is 0 Å². The minimum atomic E-state index is -4.33. The van der Waals surface area contributed by atoms with Crippen molar-refractivity contribution in [3.63, 3.8) is 0 Å². The van der Waals surface area contributed by atoms with Crippen LogP contribution in [-0.4, -0.2) is 44.5 Å². The minimum absolute atomic E-state index is 0.139. The van der Waals surface area contributed by atoms with Gasteiger partial charge in [0.05, 0.1) is 5.56 Å². The molecule has 146 valence electrons. The van der Waals surface area contributed by atoms with E-state index >= 15 is 0 Å². The number of halogens is 3. The average Bonchev–Trinajstić information content (AvgIpc) is 2.58. The molecule has 2 rings (SSSR count). The summed E-state index contributed by atoms with van der Waals surface area (Å²) in [5.74, 6) is 0.735. The molecule has 0 saturated carbocycles. The van der Waals surface area contributed by atoms with Gasteiger partial charge in [0, 0.05) is 46.3 Å². The van der Waals surface area contributed by atoms with Gasteiger partial charge in [-0.3, -0.25) is 4.79 Å². The Kier molecular flexibility index (Phi) is 6.92. The summed E-state index contributed by atoms with van der Waals surface area (Å²) in [5, 5.41) is 3.35. The fraction of sp³-hybridized carbons (Fsp3) is 0.632. The average molecular weight is 371 g/mol. The van der Waals surface area contributed by atoms with Gasteiger partial charge in [0.25, 0.3) is 0 Å². The second kappa shape index (κ2) is 8.75. The third kappa shape index (κ3) is 5.62. The smallest absolute Gasteiger partial charge is 0.377 e. The Balaban J connectivity index is 1.83. The van der Waals surface area contributed by atoms with E-state index in [4.69, 9.17) is 0 Å². The van der Waals surface area contributed by atoms with Gasteiger partial charge >= 0.3 is 6.18 Å². The highest BCUT2D eigenvalue weighted by atomic mass is 19.4. The number of anilines is 1. The van der Waals surface area contributed by atoms with Crippen LogP contribution in [0, 0.1) is 5.92 Å². The van der Waals surface area contributed by atoms with Crippen molar-refractivity contribution in [1.82, 2.24) is 10.2 Å². The van der Waals surface area contributed by atoms with E-state index in [1.807, 2.05) is 4.90 Å². The number of carbonyl (C=O) groups excluding carboxylic acids is 1. The second-order valence-electron chi connectivity index (χ2n) is 7.15. The van der Waals surface area contributed by atoms with Crippen LogP contribution in [0.4, 0.5) is 18.9 Å². The number of hydrogen-bond donors (Lipinski definition) is 1. The van der Waals surface area contributed by atoms with Crippen LogP contribution < -0.4 is 10.2 Å². The van der Waals surface area contributed by atoms with Crippen molar-refractivity contribution in [1.29, 1.82) is 0 Å². The summed E-state index contributed by atoms with van der Waals surface area (Å²) in [6, 6.07) is 3.90. The zero-order valence-electron chi connectivity index (χ0n) is 15.7. The monoisotopic (exact) mass is 371 g/mol. The Morgan fingerprint density at radius 2 is 1.92 bits per heavy atom. The van der Waals surface area contributed by atoms with Gasteiger partial charge in [-0.2, -0.15) is 13.2 Å². The summed E-state index contributed by atoms with van der Waals surface area (Å²) in [6.07, 6.45) is -1.27. The summed E-state index contributed by atoms with van der Waals surface area (Å²) >= 11 is 0. The molecule has 1 aliphatic heterocycles. The SMILES string of the molecule is CC(=O)N1CCC(CCNCc2ccc(C(F)(F)F)cc2N(C)C)CC1. The maximum absolute atomic E-state index is 12.9. The second-order valence-corrected chi connectivity index (χ2v) is 7.15. The predicted octanol–water partition coefficient (Wildman–Crippen LogP) is 3.51. The van der Waals surface area contributed by atoms with Crippen LogP contribution in [0.25, 0.3) is 0 Å². The van der Waals surface area contributed by atoms with Crippen molar-refractivity contribution in [3.8, 4) is 0 Å². The standard InChI is InChI=1S/C19H28F3N3O/c1-14(26)25-10-7-15(8-11-25)6-9-23-13-16-4-5-17(19(20,21)22)12-18(16)24(2)3/h4-5,12,15,23H,6-11,13H2,1-3H3. The van der Waals surface area contributed by atoms with Crippen LogP contribution in [0.5, 0.6) is 0 Å². The molecule has 0 aliphatic carbocycles. The molecule has 0 bridgehead atoms. The molecule has 0 unspecified atom stereocenters. The van der Waals surface area contributed by atoms with Crippen LogP contribution in [0.1, 0.15) is 37.3 Å². The number of piperidine rings is 1. The number of nitrogens with one attached hydrogen (secondary N) is 1. The molecule has 0 aromatic heterocycles. The van der Waals surface area contributed by atoms with Crippen molar-refractivity contribution in [2.24, 2.45) is 5.92 Å². The zero-order valence-corrected chi connectivity index (χ0v) is 15.7. The molecule has 1 N–H and O–H groups in total. The Bertz CT molecular complexity index is 609. The first kappa shape index (κ1) is 20.6. The van der Waals surface area contributed by atoms with Gasteiger partial charge in [-0.05, 0) is 49.4 Å². The summed E-state index contributed by atoms with van der Waals surface area (Å²) in [4.78, 5) is 14.9. The number of likely N-dealkylation sites (tertiary alicyclic amines) is 1. The van der Waals surface area contributed by atoms with E-state index in [1.165, 1.54) is 6.07 Å². The number of benzene rings is 1. The van der Waals surface area contributed by atoms with Gasteiger partial charge in [0.15, 0.2) is 0 Å². The fourth-order valence-electron chi connectivity index (χ4n) is 3.37. The highest BCUT2D eigenvalue weighted by molar-refractivity contribution is 5.73. The third-order valence-electron chi connectivity index (χ3n) is 5.00. The van der Waals surface area contributed by atoms with Gasteiger partial charge in [0.2, 0.25) is 5.91 Å². The van der Waals surface area contributed by atoms with Crippen molar-refractivity contribution >= 4 is 11.6 Å². The topological polar surface area (TPSA) is 35.6 Å². The van der Waals surface area contributed by atoms with Crippen LogP contribution in [-0.2, 0) is 17.5 Å². The van der Waals surface area contributed by atoms with E-state index in [2.05, 4.69) is 5.32 Å². The van der Waals surface area contributed by atoms with E-state index < -0.39 is 11.7 Å². The maximum atomic E-state index is 12.9. The first-order chi connectivity index (χ1) is 12.2. The molecule has 26 heavy (non-hydrogen) atoms. The summed E-state index contributed by atoms with van der Waals surface area (Å²) in [5.41, 5.74) is 0.818. The molecule has 0 atom stereocenters. The fourth-order valence-corrected chi connectivity index (χ4v) is 3.37. The molecule has 1 fully saturated rings. The number of hydrogen-bond acceptors (Lipinski definition) is 3. The van der Waals surface area contributed by atoms with Crippen LogP contribution in [0.2, 0.25) is 0 Å². The molecule has 1 aromatic carbocycles. The minimum Gasteiger partial charge on any atom is -0.377 e. The molecular weight excluding hydrogens is 343 g/mol. The largest absolute Gasteiger partial charge is 0.416 e. The zero-order chi connectivity index (χ0) is 19.3. The van der Waals surface area contributed by atoms with Gasteiger partial charge in [-0.15, -0.1) is 0 Å². The quantitative estimate of drug-likeness (QED) is 0.778. The number of nitrogens with zero attached hydrogens (tertiary/aromatic N) is 2. The van der Waals surface area contributed by atoms with E-state index in [1.54, 1.807) is 32.0 Å². The molecule has 4 nitrogen and oxygen atoms in total. The molecular formula is C19H28F3N3O. The predicted molar refractivity (Wildman–Crippen MR) is 97.1 cm³/mol. The molecule has 7 heteroatoms. The Labute approximate surface area is 153 Å². The first-order valence-electron chi connectivity index (χ1n) is 9.02. The van der Waals surface area contributed by atoms with Crippen molar-refractivity contribution in [2.75, 3.05) is 38.6 Å². The summed E-state index contributed by atoms with van der Waals surface area (Å²) in [7, 11) is 3.50. The van der Waals surface area contributed by atoms with Crippen molar-refractivity contribution < 1.29 is 18.0 Å². The Morgan fingerprint density at radius 3 is 2.46 bits per heavy atom. The molecule has 1 heterocycles. The van der Waals surface area contributed by atoms with E-state index in [0.29, 0.717) is 18.2 Å². The normalized spacial score (nSPS) is 16.0. The van der Waals surface area contributed by atoms with Gasteiger partial charge in [-0.25, -0.2) is 0 Å². The molecule has 1 saturated heterocycles. The summed E-state index contributed by atoms with van der Waals surface area (Å²) < 4.78 is 38.7. The Morgan fingerprint density at radius 1 is 1.27 bits per heavy atom. The Hall–Kier alpha value is -1.76. The van der Waals surface area contributed by atoms with E-state index in [-0.39, 0.29) is 5.91 Å². The molecule has 1 aromatic rings. The lowest BCUT2D eigenvalue weighted by molar-refractivity contribution is -0.137. The maximum Gasteiger partial charge on any atom is 0.416 e. The van der Waals surface area contributed by atoms with E-state index in [9.17, 15) is 18.0 Å². The van der Waals surface area contributed by atoms with Crippen molar-refractivity contribution in [3.05, 3.63) is 29.3 Å². The number of amides is 1. The highest BCUT2D eigenvalue weighted by Gasteiger charge is 2.31. The lowest BCUT2D eigenvalue weighted by Crippen LogP contribution is -2.37. The van der Waals surface area contributed by atoms with E-state index in [0.717, 1.165) is 50.5 Å². The third-order valence-corrected chi connectivity index (χ3v) is 5.00. The first-order valence-corrected chi connectivity index (χ1v) is 9.02. The number of carbonyl (C=O) groups is 1. The van der Waals surface area contributed by atoms with Crippen LogP contribution in [0.15, 0.2) is 18.2 Å². The molecule has 1 aliphatic rings. The van der Waals surface area contributed by atoms with Crippen molar-refractivity contribution in [2.45, 2.75) is 38.9 Å². The number of alkyl halides is 3. The summed E-state index contributed by atoms with van der Waals surface area (Å²) in [6.45, 7) is 4.61. The van der Waals surface area contributed by atoms with Gasteiger partial charge in [-0.1, -0.05) is 6.07 Å². The molecule has 0 spiro atoms.